The van der Waals surface area contributed by atoms with Crippen LogP contribution in [-0.2, 0) is 6.54 Å². The van der Waals surface area contributed by atoms with Crippen LogP contribution in [0.1, 0.15) is 26.3 Å². The van der Waals surface area contributed by atoms with E-state index in [4.69, 9.17) is 21.5 Å². The summed E-state index contributed by atoms with van der Waals surface area (Å²) in [6.45, 7) is 20.8. The highest BCUT2D eigenvalue weighted by Gasteiger charge is 2.42. The summed E-state index contributed by atoms with van der Waals surface area (Å²) in [4.78, 5) is 0. The number of hydrogen-bond donors (Lipinski definition) is 1. The summed E-state index contributed by atoms with van der Waals surface area (Å²) in [5, 5.41) is 2.69. The van der Waals surface area contributed by atoms with Crippen LogP contribution < -0.4 is 20.8 Å². The first kappa shape index (κ1) is 20.5. The molecule has 2 nitrogen and oxygen atoms in total. The molecule has 0 aromatic heterocycles. The van der Waals surface area contributed by atoms with Gasteiger partial charge in [0.2, 0.25) is 0 Å². The molecule has 2 N–H and O–H groups in total. The van der Waals surface area contributed by atoms with Gasteiger partial charge in [0.15, 0.2) is 7.38 Å². The maximum atomic E-state index is 6.79. The van der Waals surface area contributed by atoms with Crippen molar-refractivity contribution >= 4 is 36.9 Å². The van der Waals surface area contributed by atoms with E-state index in [9.17, 15) is 0 Å². The second-order valence-corrected chi connectivity index (χ2v) is 19.7. The Morgan fingerprint density at radius 3 is 2.17 bits per heavy atom. The lowest BCUT2D eigenvalue weighted by Gasteiger charge is -2.40. The summed E-state index contributed by atoms with van der Waals surface area (Å²) in [7, 11) is -3.87. The average Bonchev–Trinajstić information content (AvgIpc) is 2.41. The van der Waals surface area contributed by atoms with Gasteiger partial charge in [-0.3, -0.25) is 0 Å². The van der Waals surface area contributed by atoms with E-state index in [1.165, 1.54) is 10.8 Å². The van der Waals surface area contributed by atoms with Crippen molar-refractivity contribution in [3.8, 4) is 5.75 Å². The molecule has 0 aliphatic rings. The van der Waals surface area contributed by atoms with E-state index in [-0.39, 0.29) is 5.04 Å². The van der Waals surface area contributed by atoms with Crippen molar-refractivity contribution in [3.05, 3.63) is 30.4 Å². The first-order chi connectivity index (χ1) is 10.4. The van der Waals surface area contributed by atoms with E-state index in [2.05, 4.69) is 65.7 Å². The number of ether oxygens (including phenoxy) is 1. The molecule has 0 saturated heterocycles. The number of halogens is 1. The third-order valence-electron chi connectivity index (χ3n) is 4.95. The van der Waals surface area contributed by atoms with Crippen LogP contribution in [0.2, 0.25) is 31.2 Å². The summed E-state index contributed by atoms with van der Waals surface area (Å²) in [5.74, 6) is 0.978. The number of benzene rings is 1. The molecule has 0 unspecified atom stereocenters. The van der Waals surface area contributed by atoms with E-state index in [0.29, 0.717) is 13.2 Å². The lowest BCUT2D eigenvalue weighted by molar-refractivity contribution is 0.368. The van der Waals surface area contributed by atoms with Crippen molar-refractivity contribution in [1.82, 2.24) is 0 Å². The van der Waals surface area contributed by atoms with Gasteiger partial charge in [-0.05, 0) is 21.0 Å². The van der Waals surface area contributed by atoms with Gasteiger partial charge in [0.1, 0.15) is 12.4 Å². The maximum Gasteiger partial charge on any atom is 0.185 e. The molecule has 0 aliphatic carbocycles. The van der Waals surface area contributed by atoms with Crippen molar-refractivity contribution in [2.24, 2.45) is 5.73 Å². The third-order valence-corrected chi connectivity index (χ3v) is 12.8. The Morgan fingerprint density at radius 2 is 1.78 bits per heavy atom. The van der Waals surface area contributed by atoms with Crippen LogP contribution in [0.4, 0.5) is 0 Å². The van der Waals surface area contributed by atoms with E-state index >= 15 is 0 Å². The van der Waals surface area contributed by atoms with Gasteiger partial charge in [-0.1, -0.05) is 71.7 Å². The van der Waals surface area contributed by atoms with E-state index in [1.807, 2.05) is 0 Å². The lowest BCUT2D eigenvalue weighted by atomic mass is 10.2. The molecule has 0 spiro atoms. The molecule has 1 aromatic carbocycles. The lowest BCUT2D eigenvalue weighted by Crippen LogP contribution is -2.54. The zero-order valence-electron chi connectivity index (χ0n) is 15.7. The minimum atomic E-state index is -2.04. The fourth-order valence-corrected chi connectivity index (χ4v) is 6.91. The number of rotatable bonds is 6. The topological polar surface area (TPSA) is 35.2 Å². The molecule has 0 heterocycles. The highest BCUT2D eigenvalue weighted by atomic mass is 35.6. The highest BCUT2D eigenvalue weighted by molar-refractivity contribution is 7.26. The molecule has 0 saturated carbocycles. The Hall–Kier alpha value is -0.556. The van der Waals surface area contributed by atoms with Crippen LogP contribution in [0.25, 0.3) is 0 Å². The normalized spacial score (nSPS) is 13.1. The van der Waals surface area contributed by atoms with Crippen molar-refractivity contribution < 1.29 is 4.74 Å². The Labute approximate surface area is 148 Å². The SMILES string of the molecule is C=CCOc1c([Si](C)(C)Cl)ccc(CN)c1[Si](C)(C)C(C)(C)C. The van der Waals surface area contributed by atoms with E-state index in [1.54, 1.807) is 6.08 Å². The Bertz CT molecular complexity index is 572. The minimum absolute atomic E-state index is 0.194. The van der Waals surface area contributed by atoms with Gasteiger partial charge in [0.25, 0.3) is 0 Å². The van der Waals surface area contributed by atoms with Gasteiger partial charge < -0.3 is 10.5 Å². The summed E-state index contributed by atoms with van der Waals surface area (Å²) in [5.41, 5.74) is 7.26. The second kappa shape index (κ2) is 7.13. The maximum absolute atomic E-state index is 6.79. The first-order valence-corrected chi connectivity index (χ1v) is 15.2. The predicted octanol–water partition coefficient (Wildman–Crippen LogP) is 4.08. The molecular weight excluding hydrogens is 338 g/mol. The van der Waals surface area contributed by atoms with Crippen molar-refractivity contribution in [3.63, 3.8) is 0 Å². The molecule has 0 aliphatic heterocycles. The molecule has 5 heteroatoms. The fraction of sp³-hybridized carbons (Fsp3) is 0.556. The molecule has 0 bridgehead atoms. The zero-order valence-corrected chi connectivity index (χ0v) is 18.5. The van der Waals surface area contributed by atoms with Crippen LogP contribution >= 0.6 is 11.1 Å². The molecule has 23 heavy (non-hydrogen) atoms. The number of hydrogen-bond acceptors (Lipinski definition) is 2. The summed E-state index contributed by atoms with van der Waals surface area (Å²) >= 11 is 6.79. The monoisotopic (exact) mass is 369 g/mol. The van der Waals surface area contributed by atoms with Crippen LogP contribution in [0.3, 0.4) is 0 Å². The third kappa shape index (κ3) is 4.30. The summed E-state index contributed by atoms with van der Waals surface area (Å²) in [6.07, 6.45) is 1.79. The number of nitrogens with two attached hydrogens (primary N) is 1. The van der Waals surface area contributed by atoms with Crippen LogP contribution in [-0.4, -0.2) is 22.1 Å². The van der Waals surface area contributed by atoms with Crippen LogP contribution in [0.15, 0.2) is 24.8 Å². The molecule has 0 radical (unpaired) electrons. The average molecular weight is 370 g/mol. The summed E-state index contributed by atoms with van der Waals surface area (Å²) in [6, 6.07) is 4.28. The largest absolute Gasteiger partial charge is 0.490 e. The van der Waals surface area contributed by atoms with E-state index in [0.717, 1.165) is 10.9 Å². The minimum Gasteiger partial charge on any atom is -0.490 e. The fourth-order valence-electron chi connectivity index (χ4n) is 2.61. The molecule has 0 amide bonds. The molecule has 1 rings (SSSR count). The van der Waals surface area contributed by atoms with Crippen LogP contribution in [0.5, 0.6) is 5.75 Å². The van der Waals surface area contributed by atoms with Crippen LogP contribution in [0, 0.1) is 0 Å². The standard InChI is InChI=1S/C18H32ClNOSi2/c1-9-12-21-16-15(23(7,8)19)11-10-14(13-20)17(16)22(5,6)18(2,3)4/h9-11H,1,12-13,20H2,2-8H3. The van der Waals surface area contributed by atoms with Gasteiger partial charge in [-0.25, -0.2) is 0 Å². The highest BCUT2D eigenvalue weighted by Crippen LogP contribution is 2.38. The molecule has 1 aromatic rings. The smallest absolute Gasteiger partial charge is 0.185 e. The summed E-state index contributed by atoms with van der Waals surface area (Å²) < 4.78 is 6.18. The van der Waals surface area contributed by atoms with Gasteiger partial charge >= 0.3 is 0 Å². The first-order valence-electron chi connectivity index (χ1n) is 8.17. The van der Waals surface area contributed by atoms with Crippen molar-refractivity contribution in [2.45, 2.75) is 58.5 Å². The second-order valence-electron chi connectivity index (χ2n) is 8.13. The van der Waals surface area contributed by atoms with Gasteiger partial charge in [-0.2, -0.15) is 11.1 Å². The van der Waals surface area contributed by atoms with E-state index < -0.39 is 15.5 Å². The Kier molecular flexibility index (Phi) is 6.36. The zero-order chi connectivity index (χ0) is 18.1. The Morgan fingerprint density at radius 1 is 1.22 bits per heavy atom. The molecular formula is C18H32ClNOSi2. The van der Waals surface area contributed by atoms with Gasteiger partial charge in [0, 0.05) is 6.54 Å². The van der Waals surface area contributed by atoms with Crippen molar-refractivity contribution in [2.75, 3.05) is 6.61 Å². The molecule has 130 valence electrons. The van der Waals surface area contributed by atoms with Crippen molar-refractivity contribution in [1.29, 1.82) is 0 Å². The quantitative estimate of drug-likeness (QED) is 0.466. The molecule has 0 fully saturated rings. The molecule has 0 atom stereocenters. The predicted molar refractivity (Wildman–Crippen MR) is 110 cm³/mol. The Balaban J connectivity index is 3.79. The van der Waals surface area contributed by atoms with Gasteiger partial charge in [-0.15, -0.1) is 0 Å². The van der Waals surface area contributed by atoms with Gasteiger partial charge in [0.05, 0.1) is 8.07 Å².